The summed E-state index contributed by atoms with van der Waals surface area (Å²) in [5.41, 5.74) is 1.92. The molecule has 0 radical (unpaired) electrons. The van der Waals surface area contributed by atoms with E-state index in [1.165, 1.54) is 17.0 Å². The van der Waals surface area contributed by atoms with Gasteiger partial charge in [-0.2, -0.15) is 0 Å². The second kappa shape index (κ2) is 15.1. The summed E-state index contributed by atoms with van der Waals surface area (Å²) < 4.78 is 34.6. The van der Waals surface area contributed by atoms with Crippen molar-refractivity contribution in [2.75, 3.05) is 24.0 Å². The van der Waals surface area contributed by atoms with E-state index in [1.807, 2.05) is 34.6 Å². The van der Waals surface area contributed by atoms with Crippen LogP contribution in [0.3, 0.4) is 0 Å². The summed E-state index contributed by atoms with van der Waals surface area (Å²) in [6.45, 7) is 9.95. The van der Waals surface area contributed by atoms with Crippen LogP contribution in [0.2, 0.25) is 5.02 Å². The van der Waals surface area contributed by atoms with Crippen molar-refractivity contribution in [3.8, 4) is 5.75 Å². The molecule has 0 saturated carbocycles. The van der Waals surface area contributed by atoms with Crippen LogP contribution in [0.5, 0.6) is 5.75 Å². The van der Waals surface area contributed by atoms with Crippen molar-refractivity contribution in [3.05, 3.63) is 88.9 Å². The van der Waals surface area contributed by atoms with E-state index in [0.29, 0.717) is 41.6 Å². The number of nitrogens with zero attached hydrogens (tertiary/aromatic N) is 2. The molecule has 0 aliphatic rings. The van der Waals surface area contributed by atoms with E-state index in [1.54, 1.807) is 60.7 Å². The zero-order valence-corrected chi connectivity index (χ0v) is 26.4. The number of anilines is 1. The van der Waals surface area contributed by atoms with Crippen molar-refractivity contribution in [3.63, 3.8) is 0 Å². The van der Waals surface area contributed by atoms with E-state index in [-0.39, 0.29) is 23.3 Å². The van der Waals surface area contributed by atoms with Gasteiger partial charge in [-0.25, -0.2) is 8.42 Å². The summed E-state index contributed by atoms with van der Waals surface area (Å²) >= 11 is 6.45. The lowest BCUT2D eigenvalue weighted by molar-refractivity contribution is -0.140. The number of nitrogens with one attached hydrogen (secondary N) is 1. The molecule has 0 aliphatic heterocycles. The summed E-state index contributed by atoms with van der Waals surface area (Å²) in [6, 6.07) is 19.3. The summed E-state index contributed by atoms with van der Waals surface area (Å²) in [7, 11) is -4.18. The van der Waals surface area contributed by atoms with E-state index < -0.39 is 28.5 Å². The van der Waals surface area contributed by atoms with Crippen LogP contribution >= 0.6 is 11.6 Å². The Morgan fingerprint density at radius 3 is 2.17 bits per heavy atom. The molecule has 1 N–H and O–H groups in total. The highest BCUT2D eigenvalue weighted by molar-refractivity contribution is 7.92. The number of sulfonamides is 1. The maximum Gasteiger partial charge on any atom is 0.264 e. The van der Waals surface area contributed by atoms with Gasteiger partial charge >= 0.3 is 0 Å². The Morgan fingerprint density at radius 2 is 1.60 bits per heavy atom. The van der Waals surface area contributed by atoms with Gasteiger partial charge < -0.3 is 15.0 Å². The molecule has 226 valence electrons. The van der Waals surface area contributed by atoms with Gasteiger partial charge in [0.1, 0.15) is 18.3 Å². The van der Waals surface area contributed by atoms with E-state index in [9.17, 15) is 18.0 Å². The molecular weight excluding hydrogens is 574 g/mol. The lowest BCUT2D eigenvalue weighted by Crippen LogP contribution is -2.52. The van der Waals surface area contributed by atoms with Crippen LogP contribution in [-0.4, -0.2) is 50.9 Å². The van der Waals surface area contributed by atoms with Gasteiger partial charge in [0.05, 0.1) is 17.2 Å². The molecule has 2 amide bonds. The summed E-state index contributed by atoms with van der Waals surface area (Å²) in [5.74, 6) is -0.0756. The zero-order valence-electron chi connectivity index (χ0n) is 24.8. The summed E-state index contributed by atoms with van der Waals surface area (Å²) in [4.78, 5) is 28.9. The number of hydrogen-bond acceptors (Lipinski definition) is 5. The third-order valence-corrected chi connectivity index (χ3v) is 8.85. The van der Waals surface area contributed by atoms with Crippen LogP contribution in [0.25, 0.3) is 0 Å². The van der Waals surface area contributed by atoms with Crippen LogP contribution in [0, 0.1) is 12.8 Å². The molecule has 1 atom stereocenters. The highest BCUT2D eigenvalue weighted by atomic mass is 35.5. The fraction of sp³-hybridized carbons (Fsp3) is 0.375. The minimum atomic E-state index is -4.18. The quantitative estimate of drug-likeness (QED) is 0.247. The number of halogens is 1. The van der Waals surface area contributed by atoms with Crippen molar-refractivity contribution >= 4 is 39.1 Å². The maximum absolute atomic E-state index is 14.1. The number of carbonyl (C=O) groups excluding carboxylic acids is 2. The Balaban J connectivity index is 2.04. The molecule has 8 nitrogen and oxygen atoms in total. The smallest absolute Gasteiger partial charge is 0.264 e. The first kappa shape index (κ1) is 32.9. The molecule has 0 saturated heterocycles. The van der Waals surface area contributed by atoms with Gasteiger partial charge in [0, 0.05) is 18.1 Å². The molecule has 1 unspecified atom stereocenters. The largest absolute Gasteiger partial charge is 0.494 e. The number of hydrogen-bond donors (Lipinski definition) is 1. The normalized spacial score (nSPS) is 12.1. The van der Waals surface area contributed by atoms with E-state index >= 15 is 0 Å². The molecule has 3 aromatic carbocycles. The highest BCUT2D eigenvalue weighted by Gasteiger charge is 2.34. The number of rotatable bonds is 14. The fourth-order valence-electron chi connectivity index (χ4n) is 4.39. The first-order valence-electron chi connectivity index (χ1n) is 14.1. The Bertz CT molecular complexity index is 1440. The SMILES string of the molecule is CCOc1ccc(S(=O)(=O)N(CC(=O)N(Cc2ccccc2Cl)C(CC)C(=O)NCC(C)C)c2ccc(C)cc2)cc1. The molecule has 42 heavy (non-hydrogen) atoms. The number of ether oxygens (including phenoxy) is 1. The average Bonchev–Trinajstić information content (AvgIpc) is 2.96. The molecule has 0 heterocycles. The van der Waals surface area contributed by atoms with Crippen molar-refractivity contribution in [1.29, 1.82) is 0 Å². The second-order valence-corrected chi connectivity index (χ2v) is 12.7. The van der Waals surface area contributed by atoms with Gasteiger partial charge in [-0.1, -0.05) is 68.3 Å². The zero-order chi connectivity index (χ0) is 30.9. The predicted octanol–water partition coefficient (Wildman–Crippen LogP) is 5.82. The molecule has 3 aromatic rings. The van der Waals surface area contributed by atoms with E-state index in [4.69, 9.17) is 16.3 Å². The van der Waals surface area contributed by atoms with Crippen LogP contribution in [0.4, 0.5) is 5.69 Å². The minimum Gasteiger partial charge on any atom is -0.494 e. The third-order valence-electron chi connectivity index (χ3n) is 6.69. The minimum absolute atomic E-state index is 0.0127. The van der Waals surface area contributed by atoms with Gasteiger partial charge in [0.2, 0.25) is 11.8 Å². The van der Waals surface area contributed by atoms with Crippen LogP contribution in [0.15, 0.2) is 77.7 Å². The Hall–Kier alpha value is -3.56. The lowest BCUT2D eigenvalue weighted by atomic mass is 10.1. The standard InChI is InChI=1S/C32H40ClN3O5S/c1-6-30(32(38)34-20-23(3)4)35(21-25-10-8-9-11-29(25)33)31(37)22-36(26-14-12-24(5)13-15-26)42(39,40)28-18-16-27(17-19-28)41-7-2/h8-19,23,30H,6-7,20-22H2,1-5H3,(H,34,38). The van der Waals surface area contributed by atoms with Gasteiger partial charge in [-0.3, -0.25) is 13.9 Å². The van der Waals surface area contributed by atoms with Crippen molar-refractivity contribution in [2.45, 2.75) is 58.5 Å². The van der Waals surface area contributed by atoms with Crippen LogP contribution in [0.1, 0.15) is 45.2 Å². The fourth-order valence-corrected chi connectivity index (χ4v) is 6.00. The first-order chi connectivity index (χ1) is 20.0. The summed E-state index contributed by atoms with van der Waals surface area (Å²) in [6.07, 6.45) is 0.330. The Morgan fingerprint density at radius 1 is 0.952 bits per heavy atom. The average molecular weight is 614 g/mol. The molecule has 0 aromatic heterocycles. The summed E-state index contributed by atoms with van der Waals surface area (Å²) in [5, 5.41) is 3.37. The van der Waals surface area contributed by atoms with Crippen molar-refractivity contribution < 1.29 is 22.7 Å². The van der Waals surface area contributed by atoms with Crippen molar-refractivity contribution in [1.82, 2.24) is 10.2 Å². The number of amides is 2. The topological polar surface area (TPSA) is 96.0 Å². The first-order valence-corrected chi connectivity index (χ1v) is 15.9. The van der Waals surface area contributed by atoms with E-state index in [0.717, 1.165) is 9.87 Å². The van der Waals surface area contributed by atoms with Gasteiger partial charge in [-0.15, -0.1) is 0 Å². The molecule has 0 bridgehead atoms. The molecule has 10 heteroatoms. The predicted molar refractivity (Wildman–Crippen MR) is 167 cm³/mol. The number of benzene rings is 3. The molecule has 0 aliphatic carbocycles. The Labute approximate surface area is 254 Å². The highest BCUT2D eigenvalue weighted by Crippen LogP contribution is 2.27. The monoisotopic (exact) mass is 613 g/mol. The molecular formula is C32H40ClN3O5S. The van der Waals surface area contributed by atoms with Gasteiger partial charge in [0.15, 0.2) is 0 Å². The Kier molecular flexibility index (Phi) is 11.8. The molecule has 0 fully saturated rings. The number of aryl methyl sites for hydroxylation is 1. The van der Waals surface area contributed by atoms with Crippen LogP contribution < -0.4 is 14.4 Å². The van der Waals surface area contributed by atoms with E-state index in [2.05, 4.69) is 5.32 Å². The van der Waals surface area contributed by atoms with Gasteiger partial charge in [0.25, 0.3) is 10.0 Å². The maximum atomic E-state index is 14.1. The van der Waals surface area contributed by atoms with Gasteiger partial charge in [-0.05, 0) is 74.2 Å². The second-order valence-electron chi connectivity index (χ2n) is 10.4. The molecule has 0 spiro atoms. The number of carbonyl (C=O) groups is 2. The third kappa shape index (κ3) is 8.49. The molecule has 3 rings (SSSR count). The van der Waals surface area contributed by atoms with Crippen LogP contribution in [-0.2, 0) is 26.2 Å². The van der Waals surface area contributed by atoms with Crippen molar-refractivity contribution in [2.24, 2.45) is 5.92 Å². The lowest BCUT2D eigenvalue weighted by Gasteiger charge is -2.33.